The molecule has 2 rings (SSSR count). The van der Waals surface area contributed by atoms with Gasteiger partial charge in [0.1, 0.15) is 0 Å². The fourth-order valence-corrected chi connectivity index (χ4v) is 2.31. The lowest BCUT2D eigenvalue weighted by molar-refractivity contribution is 0.130. The van der Waals surface area contributed by atoms with E-state index in [2.05, 4.69) is 16.3 Å². The van der Waals surface area contributed by atoms with Crippen molar-refractivity contribution in [3.8, 4) is 6.07 Å². The van der Waals surface area contributed by atoms with Crippen molar-refractivity contribution < 1.29 is 9.53 Å². The second kappa shape index (κ2) is 6.98. The van der Waals surface area contributed by atoms with Gasteiger partial charge in [-0.15, -0.1) is 0 Å². The van der Waals surface area contributed by atoms with E-state index in [1.807, 2.05) is 38.1 Å². The smallest absolute Gasteiger partial charge is 0.407 e. The van der Waals surface area contributed by atoms with E-state index in [1.165, 1.54) is 0 Å². The van der Waals surface area contributed by atoms with E-state index in [1.54, 1.807) is 0 Å². The molecule has 0 bridgehead atoms. The van der Waals surface area contributed by atoms with E-state index in [-0.39, 0.29) is 12.1 Å². The number of amides is 1. The first kappa shape index (κ1) is 15.2. The number of rotatable bonds is 4. The van der Waals surface area contributed by atoms with Crippen molar-refractivity contribution in [3.05, 3.63) is 29.8 Å². The molecule has 112 valence electrons. The van der Waals surface area contributed by atoms with Gasteiger partial charge in [0, 0.05) is 18.8 Å². The minimum absolute atomic E-state index is 0.111. The summed E-state index contributed by atoms with van der Waals surface area (Å²) in [5.74, 6) is 0.342. The van der Waals surface area contributed by atoms with Crippen LogP contribution in [0.15, 0.2) is 24.3 Å². The topological polar surface area (TPSA) is 65.4 Å². The molecule has 0 radical (unpaired) electrons. The minimum atomic E-state index is -0.338. The van der Waals surface area contributed by atoms with Crippen molar-refractivity contribution in [2.45, 2.75) is 26.3 Å². The van der Waals surface area contributed by atoms with E-state index in [0.29, 0.717) is 18.1 Å². The van der Waals surface area contributed by atoms with Crippen LogP contribution < -0.4 is 10.2 Å². The van der Waals surface area contributed by atoms with Gasteiger partial charge in [-0.25, -0.2) is 4.79 Å². The fourth-order valence-electron chi connectivity index (χ4n) is 2.31. The van der Waals surface area contributed by atoms with Crippen LogP contribution in [0.4, 0.5) is 10.5 Å². The van der Waals surface area contributed by atoms with Crippen molar-refractivity contribution in [1.29, 1.82) is 5.26 Å². The maximum absolute atomic E-state index is 11.6. The molecule has 0 saturated carbocycles. The Labute approximate surface area is 125 Å². The molecule has 5 nitrogen and oxygen atoms in total. The van der Waals surface area contributed by atoms with Gasteiger partial charge in [-0.1, -0.05) is 13.8 Å². The molecule has 1 fully saturated rings. The summed E-state index contributed by atoms with van der Waals surface area (Å²) in [7, 11) is 0. The molecule has 0 aromatic heterocycles. The Kier molecular flexibility index (Phi) is 5.04. The molecule has 1 aliphatic heterocycles. The predicted octanol–water partition coefficient (Wildman–Crippen LogP) is 2.52. The third-order valence-electron chi connectivity index (χ3n) is 3.42. The molecule has 1 N–H and O–H groups in total. The maximum Gasteiger partial charge on any atom is 0.407 e. The molecule has 1 saturated heterocycles. The number of nitrogens with zero attached hydrogens (tertiary/aromatic N) is 2. The zero-order valence-corrected chi connectivity index (χ0v) is 12.5. The highest BCUT2D eigenvalue weighted by atomic mass is 16.5. The van der Waals surface area contributed by atoms with Crippen LogP contribution in [0.5, 0.6) is 0 Å². The van der Waals surface area contributed by atoms with Crippen LogP contribution in [0.2, 0.25) is 0 Å². The van der Waals surface area contributed by atoms with Crippen molar-refractivity contribution in [2.24, 2.45) is 5.92 Å². The van der Waals surface area contributed by atoms with Crippen LogP contribution in [-0.4, -0.2) is 31.8 Å². The van der Waals surface area contributed by atoms with Gasteiger partial charge in [0.25, 0.3) is 0 Å². The zero-order valence-electron chi connectivity index (χ0n) is 12.5. The number of hydrogen-bond donors (Lipinski definition) is 1. The Bertz CT molecular complexity index is 519. The number of carbonyl (C=O) groups excluding carboxylic acids is 1. The van der Waals surface area contributed by atoms with Crippen molar-refractivity contribution in [1.82, 2.24) is 5.32 Å². The first-order valence-electron chi connectivity index (χ1n) is 7.27. The lowest BCUT2D eigenvalue weighted by atomic mass is 10.2. The lowest BCUT2D eigenvalue weighted by Crippen LogP contribution is -2.37. The van der Waals surface area contributed by atoms with Crippen LogP contribution in [-0.2, 0) is 4.74 Å². The molecule has 1 aliphatic rings. The number of alkyl carbamates (subject to hydrolysis) is 1. The van der Waals surface area contributed by atoms with Gasteiger partial charge in [-0.3, -0.25) is 0 Å². The second-order valence-electron chi connectivity index (χ2n) is 5.73. The third kappa shape index (κ3) is 4.38. The standard InChI is InChI=1S/C16H21N3O2/c1-12(2)11-21-16(20)18-14-7-8-19(10-14)15-5-3-13(9-17)4-6-15/h3-6,12,14H,7-8,10-11H2,1-2H3,(H,18,20)/t14-/m1/s1. The molecule has 1 atom stereocenters. The van der Waals surface area contributed by atoms with E-state index in [0.717, 1.165) is 25.2 Å². The molecule has 0 aliphatic carbocycles. The molecule has 1 aromatic carbocycles. The van der Waals surface area contributed by atoms with Gasteiger partial charge in [-0.05, 0) is 36.6 Å². The largest absolute Gasteiger partial charge is 0.449 e. The van der Waals surface area contributed by atoms with Gasteiger partial charge in [-0.2, -0.15) is 5.26 Å². The molecule has 0 unspecified atom stereocenters. The highest BCUT2D eigenvalue weighted by molar-refractivity contribution is 5.68. The predicted molar refractivity (Wildman–Crippen MR) is 81.1 cm³/mol. The van der Waals surface area contributed by atoms with Gasteiger partial charge in [0.15, 0.2) is 0 Å². The summed E-state index contributed by atoms with van der Waals surface area (Å²) < 4.78 is 5.13. The Hall–Kier alpha value is -2.22. The Morgan fingerprint density at radius 1 is 1.48 bits per heavy atom. The van der Waals surface area contributed by atoms with E-state index < -0.39 is 0 Å². The summed E-state index contributed by atoms with van der Waals surface area (Å²) in [4.78, 5) is 13.8. The Morgan fingerprint density at radius 3 is 2.81 bits per heavy atom. The number of anilines is 1. The third-order valence-corrected chi connectivity index (χ3v) is 3.42. The van der Waals surface area contributed by atoms with Gasteiger partial charge < -0.3 is 15.0 Å². The van der Waals surface area contributed by atoms with Crippen LogP contribution >= 0.6 is 0 Å². The summed E-state index contributed by atoms with van der Waals surface area (Å²) in [5, 5.41) is 11.7. The summed E-state index contributed by atoms with van der Waals surface area (Å²) in [6.45, 7) is 6.12. The number of benzene rings is 1. The summed E-state index contributed by atoms with van der Waals surface area (Å²) in [6.07, 6.45) is 0.562. The molecule has 0 spiro atoms. The van der Waals surface area contributed by atoms with Crippen LogP contribution in [0, 0.1) is 17.2 Å². The summed E-state index contributed by atoms with van der Waals surface area (Å²) >= 11 is 0. The average molecular weight is 287 g/mol. The van der Waals surface area contributed by atoms with Crippen molar-refractivity contribution in [2.75, 3.05) is 24.6 Å². The Morgan fingerprint density at radius 2 is 2.19 bits per heavy atom. The van der Waals surface area contributed by atoms with Crippen LogP contribution in [0.3, 0.4) is 0 Å². The summed E-state index contributed by atoms with van der Waals surface area (Å²) in [5.41, 5.74) is 1.73. The number of ether oxygens (including phenoxy) is 1. The molecule has 1 amide bonds. The average Bonchev–Trinajstić information content (AvgIpc) is 2.93. The number of hydrogen-bond acceptors (Lipinski definition) is 4. The van der Waals surface area contributed by atoms with E-state index in [4.69, 9.17) is 10.00 Å². The molecule has 1 aromatic rings. The zero-order chi connectivity index (χ0) is 15.2. The molecular weight excluding hydrogens is 266 g/mol. The second-order valence-corrected chi connectivity index (χ2v) is 5.73. The minimum Gasteiger partial charge on any atom is -0.449 e. The molecular formula is C16H21N3O2. The highest BCUT2D eigenvalue weighted by Gasteiger charge is 2.24. The monoisotopic (exact) mass is 287 g/mol. The summed E-state index contributed by atoms with van der Waals surface area (Å²) in [6, 6.07) is 9.73. The highest BCUT2D eigenvalue weighted by Crippen LogP contribution is 2.20. The van der Waals surface area contributed by atoms with Crippen LogP contribution in [0.25, 0.3) is 0 Å². The Balaban J connectivity index is 1.82. The first-order chi connectivity index (χ1) is 10.1. The van der Waals surface area contributed by atoms with Gasteiger partial charge in [0.2, 0.25) is 0 Å². The van der Waals surface area contributed by atoms with Crippen molar-refractivity contribution in [3.63, 3.8) is 0 Å². The van der Waals surface area contributed by atoms with Gasteiger partial charge >= 0.3 is 6.09 Å². The number of carbonyl (C=O) groups is 1. The SMILES string of the molecule is CC(C)COC(=O)N[C@@H]1CCN(c2ccc(C#N)cc2)C1. The van der Waals surface area contributed by atoms with E-state index >= 15 is 0 Å². The first-order valence-corrected chi connectivity index (χ1v) is 7.27. The van der Waals surface area contributed by atoms with Crippen LogP contribution in [0.1, 0.15) is 25.8 Å². The van der Waals surface area contributed by atoms with E-state index in [9.17, 15) is 4.79 Å². The van der Waals surface area contributed by atoms with Gasteiger partial charge in [0.05, 0.1) is 24.3 Å². The van der Waals surface area contributed by atoms with Crippen molar-refractivity contribution >= 4 is 11.8 Å². The number of nitrogens with one attached hydrogen (secondary N) is 1. The molecule has 1 heterocycles. The number of nitriles is 1. The molecule has 5 heteroatoms. The lowest BCUT2D eigenvalue weighted by Gasteiger charge is -2.19. The quantitative estimate of drug-likeness (QED) is 0.924. The molecule has 21 heavy (non-hydrogen) atoms. The fraction of sp³-hybridized carbons (Fsp3) is 0.500. The normalized spacial score (nSPS) is 17.6. The maximum atomic E-state index is 11.6.